The van der Waals surface area contributed by atoms with E-state index in [0.717, 1.165) is 13.1 Å². The molecule has 0 aromatic rings. The van der Waals surface area contributed by atoms with Crippen molar-refractivity contribution in [3.63, 3.8) is 0 Å². The Morgan fingerprint density at radius 2 is 0.483 bits per heavy atom. The molecule has 176 valence electrons. The Morgan fingerprint density at radius 1 is 0.276 bits per heavy atom. The molecule has 1 nitrogen and oxygen atoms in total. The van der Waals surface area contributed by atoms with Gasteiger partial charge < -0.3 is 5.32 Å². The van der Waals surface area contributed by atoms with Crippen molar-refractivity contribution in [2.75, 3.05) is 13.1 Å². The second-order valence-electron chi connectivity index (χ2n) is 9.45. The highest BCUT2D eigenvalue weighted by Crippen LogP contribution is 2.14. The molecular weight excluding hydrogens is 350 g/mol. The summed E-state index contributed by atoms with van der Waals surface area (Å²) in [7, 11) is 0. The summed E-state index contributed by atoms with van der Waals surface area (Å²) < 4.78 is 0. The molecule has 29 heavy (non-hydrogen) atoms. The van der Waals surface area contributed by atoms with Crippen molar-refractivity contribution in [3.8, 4) is 0 Å². The second kappa shape index (κ2) is 28.0. The molecule has 0 saturated carbocycles. The molecule has 0 aliphatic heterocycles. The maximum absolute atomic E-state index is 4.74. The largest absolute Gasteiger partial charge is 0.662 e. The number of nitrogens with zero attached hydrogens (tertiary/aromatic N) is 1. The maximum Gasteiger partial charge on any atom is -0.0533 e. The Labute approximate surface area is 186 Å². The minimum Gasteiger partial charge on any atom is -0.662 e. The van der Waals surface area contributed by atoms with Crippen LogP contribution in [0.5, 0.6) is 0 Å². The molecule has 0 fully saturated rings. The summed E-state index contributed by atoms with van der Waals surface area (Å²) >= 11 is 0. The molecule has 0 spiro atoms. The van der Waals surface area contributed by atoms with E-state index in [1.165, 1.54) is 154 Å². The average molecular weight is 409 g/mol. The first-order chi connectivity index (χ1) is 14.4. The molecule has 0 bridgehead atoms. The van der Waals surface area contributed by atoms with E-state index >= 15 is 0 Å². The van der Waals surface area contributed by atoms with Gasteiger partial charge in [-0.1, -0.05) is 168 Å². The lowest BCUT2D eigenvalue weighted by Crippen LogP contribution is -1.91. The average Bonchev–Trinajstić information content (AvgIpc) is 2.74. The predicted molar refractivity (Wildman–Crippen MR) is 135 cm³/mol. The van der Waals surface area contributed by atoms with Crippen LogP contribution in [0.15, 0.2) is 0 Å². The van der Waals surface area contributed by atoms with E-state index in [9.17, 15) is 0 Å². The Bertz CT molecular complexity index is 237. The van der Waals surface area contributed by atoms with E-state index in [-0.39, 0.29) is 0 Å². The zero-order valence-electron chi connectivity index (χ0n) is 20.8. The SMILES string of the molecule is CCCCCCCCCCCCCC[N-]CCCCCCCCCCCCCC. The molecule has 0 rings (SSSR count). The van der Waals surface area contributed by atoms with Crippen molar-refractivity contribution in [1.82, 2.24) is 0 Å². The van der Waals surface area contributed by atoms with Crippen LogP contribution in [-0.2, 0) is 0 Å². The summed E-state index contributed by atoms with van der Waals surface area (Å²) in [4.78, 5) is 0. The van der Waals surface area contributed by atoms with Crippen molar-refractivity contribution in [2.24, 2.45) is 0 Å². The summed E-state index contributed by atoms with van der Waals surface area (Å²) in [6, 6.07) is 0. The van der Waals surface area contributed by atoms with Crippen LogP contribution in [-0.4, -0.2) is 13.1 Å². The minimum atomic E-state index is 1.12. The van der Waals surface area contributed by atoms with E-state index in [4.69, 9.17) is 5.32 Å². The normalized spacial score (nSPS) is 11.4. The fourth-order valence-corrected chi connectivity index (χ4v) is 4.24. The minimum absolute atomic E-state index is 1.12. The second-order valence-corrected chi connectivity index (χ2v) is 9.45. The zero-order valence-corrected chi connectivity index (χ0v) is 20.8. The van der Waals surface area contributed by atoms with Gasteiger partial charge in [-0.3, -0.25) is 0 Å². The molecule has 0 aromatic heterocycles. The van der Waals surface area contributed by atoms with Crippen molar-refractivity contribution >= 4 is 0 Å². The Kier molecular flexibility index (Phi) is 27.9. The number of hydrogen-bond acceptors (Lipinski definition) is 0. The van der Waals surface area contributed by atoms with Gasteiger partial charge in [0.25, 0.3) is 0 Å². The van der Waals surface area contributed by atoms with Crippen molar-refractivity contribution in [2.45, 2.75) is 168 Å². The number of hydrogen-bond donors (Lipinski definition) is 0. The van der Waals surface area contributed by atoms with Crippen LogP contribution in [0.4, 0.5) is 0 Å². The van der Waals surface area contributed by atoms with Crippen molar-refractivity contribution in [3.05, 3.63) is 5.32 Å². The Hall–Kier alpha value is -0.0400. The van der Waals surface area contributed by atoms with Gasteiger partial charge in [0.05, 0.1) is 0 Å². The highest BCUT2D eigenvalue weighted by atomic mass is 14.8. The van der Waals surface area contributed by atoms with Gasteiger partial charge in [0.15, 0.2) is 0 Å². The molecule has 0 aromatic carbocycles. The van der Waals surface area contributed by atoms with E-state index in [2.05, 4.69) is 13.8 Å². The topological polar surface area (TPSA) is 14.1 Å². The molecule has 0 aliphatic rings. The van der Waals surface area contributed by atoms with E-state index in [0.29, 0.717) is 0 Å². The quantitative estimate of drug-likeness (QED) is 0.126. The smallest absolute Gasteiger partial charge is 0.0533 e. The van der Waals surface area contributed by atoms with Crippen LogP contribution in [0.25, 0.3) is 5.32 Å². The van der Waals surface area contributed by atoms with Crippen LogP contribution in [0.3, 0.4) is 0 Å². The molecule has 0 amide bonds. The van der Waals surface area contributed by atoms with Crippen LogP contribution in [0.2, 0.25) is 0 Å². The standard InChI is InChI=1S/C28H58N/c1-3-5-7-9-11-13-15-17-19-21-23-25-27-29-28-26-24-22-20-18-16-14-12-10-8-6-4-2/h3-28H2,1-2H3/q-1. The number of rotatable bonds is 26. The molecule has 0 heterocycles. The lowest BCUT2D eigenvalue weighted by Gasteiger charge is -2.18. The first-order valence-electron chi connectivity index (χ1n) is 14.0. The van der Waals surface area contributed by atoms with Gasteiger partial charge >= 0.3 is 0 Å². The highest BCUT2D eigenvalue weighted by molar-refractivity contribution is 4.78. The van der Waals surface area contributed by atoms with Crippen LogP contribution in [0.1, 0.15) is 168 Å². The van der Waals surface area contributed by atoms with Gasteiger partial charge in [0.2, 0.25) is 0 Å². The summed E-state index contributed by atoms with van der Waals surface area (Å²) in [5.74, 6) is 0. The van der Waals surface area contributed by atoms with Crippen LogP contribution < -0.4 is 0 Å². The first kappa shape index (κ1) is 29.0. The molecule has 0 saturated heterocycles. The number of unbranched alkanes of at least 4 members (excludes halogenated alkanes) is 22. The molecule has 0 aliphatic carbocycles. The van der Waals surface area contributed by atoms with Crippen LogP contribution >= 0.6 is 0 Å². The molecule has 0 radical (unpaired) electrons. The highest BCUT2D eigenvalue weighted by Gasteiger charge is 1.93. The summed E-state index contributed by atoms with van der Waals surface area (Å²) in [5.41, 5.74) is 0. The fourth-order valence-electron chi connectivity index (χ4n) is 4.24. The zero-order chi connectivity index (χ0) is 21.1. The van der Waals surface area contributed by atoms with E-state index < -0.39 is 0 Å². The predicted octanol–water partition coefficient (Wildman–Crippen LogP) is 10.8. The molecule has 0 atom stereocenters. The monoisotopic (exact) mass is 408 g/mol. The van der Waals surface area contributed by atoms with Gasteiger partial charge in [-0.05, 0) is 0 Å². The van der Waals surface area contributed by atoms with Gasteiger partial charge in [-0.25, -0.2) is 0 Å². The molecular formula is C28H58N-. The van der Waals surface area contributed by atoms with Gasteiger partial charge in [0, 0.05) is 0 Å². The van der Waals surface area contributed by atoms with Gasteiger partial charge in [0.1, 0.15) is 0 Å². The lowest BCUT2D eigenvalue weighted by atomic mass is 10.1. The fraction of sp³-hybridized carbons (Fsp3) is 1.00. The Balaban J connectivity index is 2.97. The molecule has 1 heteroatoms. The molecule has 0 unspecified atom stereocenters. The van der Waals surface area contributed by atoms with E-state index in [1.807, 2.05) is 0 Å². The summed E-state index contributed by atoms with van der Waals surface area (Å²) in [6.07, 6.45) is 34.4. The summed E-state index contributed by atoms with van der Waals surface area (Å²) in [6.45, 7) is 6.84. The summed E-state index contributed by atoms with van der Waals surface area (Å²) in [5, 5.41) is 4.74. The van der Waals surface area contributed by atoms with Crippen LogP contribution in [0, 0.1) is 0 Å². The van der Waals surface area contributed by atoms with Crippen molar-refractivity contribution in [1.29, 1.82) is 0 Å². The van der Waals surface area contributed by atoms with E-state index in [1.54, 1.807) is 0 Å². The maximum atomic E-state index is 4.74. The third-order valence-electron chi connectivity index (χ3n) is 6.34. The lowest BCUT2D eigenvalue weighted by molar-refractivity contribution is 0.543. The third-order valence-corrected chi connectivity index (χ3v) is 6.34. The van der Waals surface area contributed by atoms with Gasteiger partial charge in [-0.15, -0.1) is 13.1 Å². The Morgan fingerprint density at radius 3 is 0.724 bits per heavy atom. The van der Waals surface area contributed by atoms with Gasteiger partial charge in [-0.2, -0.15) is 0 Å². The molecule has 0 N–H and O–H groups in total. The van der Waals surface area contributed by atoms with Crippen molar-refractivity contribution < 1.29 is 0 Å². The third kappa shape index (κ3) is 28.0. The first-order valence-corrected chi connectivity index (χ1v) is 14.0.